The Labute approximate surface area is 255 Å². The van der Waals surface area contributed by atoms with E-state index in [-0.39, 0.29) is 51.7 Å². The molecule has 4 aromatic heterocycles. The van der Waals surface area contributed by atoms with Gasteiger partial charge in [-0.2, -0.15) is 23.4 Å². The topological polar surface area (TPSA) is 143 Å². The number of rotatable bonds is 7. The first-order valence-electron chi connectivity index (χ1n) is 13.4. The summed E-state index contributed by atoms with van der Waals surface area (Å²) < 4.78 is 48.2. The van der Waals surface area contributed by atoms with Crippen LogP contribution < -0.4 is 20.9 Å². The van der Waals surface area contributed by atoms with Crippen LogP contribution in [0.2, 0.25) is 0 Å². The minimum atomic E-state index is -4.68. The highest BCUT2D eigenvalue weighted by atomic mass is 19.4. The van der Waals surface area contributed by atoms with Crippen molar-refractivity contribution in [1.29, 1.82) is 5.26 Å². The van der Waals surface area contributed by atoms with Crippen LogP contribution in [0.1, 0.15) is 11.1 Å². The third-order valence-corrected chi connectivity index (χ3v) is 6.47. The molecule has 2 N–H and O–H groups in total. The molecule has 220 valence electrons. The highest BCUT2D eigenvalue weighted by Gasteiger charge is 2.35. The molecule has 0 unspecified atom stereocenters. The van der Waals surface area contributed by atoms with Gasteiger partial charge in [0.25, 0.3) is 5.56 Å². The number of nitrogens with one attached hydrogen (secondary N) is 2. The van der Waals surface area contributed by atoms with Gasteiger partial charge in [0.05, 0.1) is 11.8 Å². The number of anilines is 3. The number of carbonyl (C=O) groups is 1. The third-order valence-electron chi connectivity index (χ3n) is 6.47. The summed E-state index contributed by atoms with van der Waals surface area (Å²) in [6, 6.07) is 5.42. The van der Waals surface area contributed by atoms with Gasteiger partial charge in [0.15, 0.2) is 11.4 Å². The number of pyridine rings is 3. The molecule has 0 bridgehead atoms. The molecule has 0 fully saturated rings. The van der Waals surface area contributed by atoms with Crippen molar-refractivity contribution >= 4 is 81.7 Å². The molecule has 0 aromatic carbocycles. The Morgan fingerprint density at radius 3 is 2.34 bits per heavy atom. The normalized spacial score (nSPS) is 12.0. The largest absolute Gasteiger partial charge is 0.454 e. The predicted octanol–water partition coefficient (Wildman–Crippen LogP) is -2.66. The molecule has 0 saturated carbocycles. The Bertz CT molecular complexity index is 1850. The Kier molecular flexibility index (Phi) is 8.34. The lowest BCUT2D eigenvalue weighted by molar-refractivity contribution is -0.138. The number of carbonyl (C=O) groups excluding carboxylic acids is 1. The van der Waals surface area contributed by atoms with E-state index >= 15 is 0 Å². The van der Waals surface area contributed by atoms with E-state index in [1.807, 2.05) is 47.1 Å². The number of amides is 2. The molecule has 0 atom stereocenters. The standard InChI is InChI=1S/C23H26B6F3N9O3/c1-39-9-10(21(30,31)32)5-13(18(39)42)36-19-38-17-16(40(19)2)12(7-33)14(8-35-17)44-11-3-4-34-15(6-11)37-20(43)41(22(24,25)26)23(27,28)29/h3-6,8-9H,24-29H2,1-2H3,(H,34,37,43)(H,35,36,38). The van der Waals surface area contributed by atoms with Crippen molar-refractivity contribution in [2.24, 2.45) is 14.1 Å². The summed E-state index contributed by atoms with van der Waals surface area (Å²) in [5.74, 6) is 0.500. The summed E-state index contributed by atoms with van der Waals surface area (Å²) in [5.41, 5.74) is -1.76. The van der Waals surface area contributed by atoms with Crippen molar-refractivity contribution in [1.82, 2.24) is 29.0 Å². The van der Waals surface area contributed by atoms with E-state index in [2.05, 4.69) is 31.7 Å². The minimum absolute atomic E-state index is 0.0197. The van der Waals surface area contributed by atoms with Gasteiger partial charge in [-0.1, -0.05) is 0 Å². The highest BCUT2D eigenvalue weighted by molar-refractivity contribution is 6.64. The second-order valence-electron chi connectivity index (χ2n) is 12.0. The molecular weight excluding hydrogens is 572 g/mol. The monoisotopic (exact) mass is 599 g/mol. The predicted molar refractivity (Wildman–Crippen MR) is 175 cm³/mol. The Balaban J connectivity index is 1.66. The maximum atomic E-state index is 13.4. The third kappa shape index (κ3) is 6.58. The Hall–Kier alpha value is -4.74. The van der Waals surface area contributed by atoms with Gasteiger partial charge >= 0.3 is 12.2 Å². The molecule has 0 aliphatic carbocycles. The van der Waals surface area contributed by atoms with Crippen LogP contribution in [0.3, 0.4) is 0 Å². The van der Waals surface area contributed by atoms with Gasteiger partial charge in [0.2, 0.25) is 5.95 Å². The number of aryl methyl sites for hydroxylation is 2. The number of halogens is 3. The van der Waals surface area contributed by atoms with E-state index < -0.39 is 27.8 Å². The zero-order valence-corrected chi connectivity index (χ0v) is 25.5. The molecular formula is C23H26B6F3N9O3. The SMILES string of the molecule is BC(B)(B)N(C(=O)Nc1cc(Oc2cnc3nc(Nc4cc(C(F)(F)F)cn(C)c4=O)n(C)c3c2C#N)ccn1)C(B)(B)B. The van der Waals surface area contributed by atoms with Crippen LogP contribution in [-0.2, 0) is 20.3 Å². The van der Waals surface area contributed by atoms with Gasteiger partial charge in [-0.3, -0.25) is 10.1 Å². The van der Waals surface area contributed by atoms with Gasteiger partial charge in [-0.15, -0.1) is 0 Å². The highest BCUT2D eigenvalue weighted by Crippen LogP contribution is 2.33. The zero-order valence-electron chi connectivity index (χ0n) is 25.5. The molecule has 0 spiro atoms. The van der Waals surface area contributed by atoms with E-state index in [0.717, 1.165) is 4.57 Å². The van der Waals surface area contributed by atoms with Gasteiger partial charge in [0, 0.05) is 32.6 Å². The molecule has 4 rings (SSSR count). The van der Waals surface area contributed by atoms with E-state index in [1.54, 1.807) is 4.90 Å². The average Bonchev–Trinajstić information content (AvgIpc) is 3.19. The van der Waals surface area contributed by atoms with Crippen molar-refractivity contribution < 1.29 is 22.7 Å². The van der Waals surface area contributed by atoms with Crippen LogP contribution in [0.5, 0.6) is 11.5 Å². The Morgan fingerprint density at radius 2 is 1.75 bits per heavy atom. The number of aromatic nitrogens is 5. The summed E-state index contributed by atoms with van der Waals surface area (Å²) in [5, 5.41) is 14.5. The maximum absolute atomic E-state index is 13.4. The first-order valence-corrected chi connectivity index (χ1v) is 13.4. The second kappa shape index (κ2) is 11.4. The second-order valence-corrected chi connectivity index (χ2v) is 12.0. The lowest BCUT2D eigenvalue weighted by atomic mass is 9.40. The fourth-order valence-electron chi connectivity index (χ4n) is 4.98. The molecule has 0 aliphatic heterocycles. The van der Waals surface area contributed by atoms with Crippen molar-refractivity contribution in [2.75, 3.05) is 10.6 Å². The summed E-state index contributed by atoms with van der Waals surface area (Å²) in [6.07, 6.45) is -1.27. The molecule has 0 aliphatic rings. The number of nitriles is 1. The summed E-state index contributed by atoms with van der Waals surface area (Å²) in [4.78, 5) is 40.2. The first kappa shape index (κ1) is 32.2. The van der Waals surface area contributed by atoms with E-state index in [9.17, 15) is 28.0 Å². The minimum Gasteiger partial charge on any atom is -0.454 e. The zero-order chi connectivity index (χ0) is 32.8. The summed E-state index contributed by atoms with van der Waals surface area (Å²) >= 11 is 0. The summed E-state index contributed by atoms with van der Waals surface area (Å²) in [7, 11) is 14.3. The van der Waals surface area contributed by atoms with Crippen LogP contribution >= 0.6 is 0 Å². The molecule has 0 radical (unpaired) electrons. The summed E-state index contributed by atoms with van der Waals surface area (Å²) in [6.45, 7) is 0. The number of urea groups is 1. The Morgan fingerprint density at radius 1 is 1.09 bits per heavy atom. The molecule has 2 amide bonds. The van der Waals surface area contributed by atoms with E-state index in [1.165, 1.54) is 43.2 Å². The van der Waals surface area contributed by atoms with E-state index in [4.69, 9.17) is 4.74 Å². The lowest BCUT2D eigenvalue weighted by Crippen LogP contribution is -2.66. The fraction of sp³-hybridized carbons (Fsp3) is 0.217. The molecule has 44 heavy (non-hydrogen) atoms. The van der Waals surface area contributed by atoms with Crippen LogP contribution in [0.4, 0.5) is 35.4 Å². The average molecular weight is 598 g/mol. The van der Waals surface area contributed by atoms with Crippen molar-refractivity contribution in [3.63, 3.8) is 0 Å². The van der Waals surface area contributed by atoms with Crippen LogP contribution in [0, 0.1) is 11.3 Å². The number of hydrogen-bond donors (Lipinski definition) is 2. The van der Waals surface area contributed by atoms with Crippen LogP contribution in [-0.4, -0.2) is 92.6 Å². The van der Waals surface area contributed by atoms with Gasteiger partial charge in [0.1, 0.15) is 81.5 Å². The molecule has 0 saturated heterocycles. The number of ether oxygens (including phenoxy) is 1. The molecule has 21 heteroatoms. The van der Waals surface area contributed by atoms with Crippen LogP contribution in [0.25, 0.3) is 11.2 Å². The number of alkyl halides is 3. The smallest absolute Gasteiger partial charge is 0.417 e. The number of hydrogen-bond acceptors (Lipinski definition) is 8. The first-order chi connectivity index (χ1) is 20.3. The van der Waals surface area contributed by atoms with Gasteiger partial charge < -0.3 is 24.1 Å². The molecule has 12 nitrogen and oxygen atoms in total. The van der Waals surface area contributed by atoms with Crippen LogP contribution in [0.15, 0.2) is 41.6 Å². The number of imidazole rings is 1. The quantitative estimate of drug-likeness (QED) is 0.220. The fourth-order valence-corrected chi connectivity index (χ4v) is 4.98. The molecule has 4 aromatic rings. The maximum Gasteiger partial charge on any atom is 0.417 e. The van der Waals surface area contributed by atoms with Crippen molar-refractivity contribution in [3.05, 3.63) is 58.3 Å². The van der Waals surface area contributed by atoms with Gasteiger partial charge in [-0.25, -0.2) is 14.8 Å². The van der Waals surface area contributed by atoms with Crippen molar-refractivity contribution in [3.8, 4) is 17.6 Å². The lowest BCUT2D eigenvalue weighted by Gasteiger charge is -2.46. The van der Waals surface area contributed by atoms with E-state index in [0.29, 0.717) is 12.3 Å². The number of fused-ring (bicyclic) bond motifs is 1. The van der Waals surface area contributed by atoms with Gasteiger partial charge in [-0.05, 0) is 22.6 Å². The molecule has 4 heterocycles. The number of nitrogens with zero attached hydrogens (tertiary/aromatic N) is 7. The van der Waals surface area contributed by atoms with Crippen molar-refractivity contribution in [2.45, 2.75) is 16.7 Å².